The van der Waals surface area contributed by atoms with Crippen LogP contribution in [0, 0.1) is 6.92 Å². The van der Waals surface area contributed by atoms with Crippen molar-refractivity contribution in [1.82, 2.24) is 24.5 Å². The number of hydrogen-bond acceptors (Lipinski definition) is 5. The van der Waals surface area contributed by atoms with E-state index >= 15 is 0 Å². The van der Waals surface area contributed by atoms with Gasteiger partial charge in [-0.25, -0.2) is 4.98 Å². The molecule has 0 aliphatic rings. The summed E-state index contributed by atoms with van der Waals surface area (Å²) in [5, 5.41) is 17.1. The summed E-state index contributed by atoms with van der Waals surface area (Å²) in [5.41, 5.74) is 1.03. The number of aliphatic carboxylic acids is 1. The van der Waals surface area contributed by atoms with E-state index in [0.29, 0.717) is 0 Å². The van der Waals surface area contributed by atoms with Gasteiger partial charge in [-0.3, -0.25) is 9.48 Å². The average molecular weight is 281 g/mol. The Morgan fingerprint density at radius 3 is 3.00 bits per heavy atom. The average Bonchev–Trinajstić information content (AvgIpc) is 2.99. The number of carbonyl (C=O) groups is 1. The van der Waals surface area contributed by atoms with E-state index in [1.54, 1.807) is 17.1 Å². The first-order valence-corrected chi connectivity index (χ1v) is 6.86. The molecule has 2 heterocycles. The fourth-order valence-corrected chi connectivity index (χ4v) is 2.47. The predicted molar refractivity (Wildman–Crippen MR) is 70.0 cm³/mol. The number of carboxylic acids is 1. The molecule has 1 N–H and O–H groups in total. The highest BCUT2D eigenvalue weighted by molar-refractivity contribution is 7.99. The van der Waals surface area contributed by atoms with Gasteiger partial charge in [0.2, 0.25) is 0 Å². The van der Waals surface area contributed by atoms with E-state index in [0.717, 1.165) is 30.4 Å². The quantitative estimate of drug-likeness (QED) is 0.763. The van der Waals surface area contributed by atoms with Crippen LogP contribution in [0.4, 0.5) is 0 Å². The molecule has 0 radical (unpaired) electrons. The summed E-state index contributed by atoms with van der Waals surface area (Å²) in [6, 6.07) is 0. The Morgan fingerprint density at radius 2 is 2.32 bits per heavy atom. The van der Waals surface area contributed by atoms with Crippen LogP contribution in [0.2, 0.25) is 0 Å². The van der Waals surface area contributed by atoms with Gasteiger partial charge in [0.05, 0.1) is 11.9 Å². The number of rotatable bonds is 7. The Labute approximate surface area is 114 Å². The molecular formula is C11H15N5O2S. The zero-order chi connectivity index (χ0) is 13.7. The first-order chi connectivity index (χ1) is 9.16. The van der Waals surface area contributed by atoms with Gasteiger partial charge >= 0.3 is 5.97 Å². The third-order valence-electron chi connectivity index (χ3n) is 2.58. The third-order valence-corrected chi connectivity index (χ3v) is 3.56. The molecule has 2 rings (SSSR count). The van der Waals surface area contributed by atoms with Gasteiger partial charge in [0, 0.05) is 31.2 Å². The van der Waals surface area contributed by atoms with Crippen molar-refractivity contribution in [2.75, 3.05) is 5.75 Å². The van der Waals surface area contributed by atoms with Crippen LogP contribution in [0.3, 0.4) is 0 Å². The number of nitrogens with zero attached hydrogens (tertiary/aromatic N) is 5. The van der Waals surface area contributed by atoms with E-state index in [1.807, 2.05) is 17.7 Å². The molecule has 0 unspecified atom stereocenters. The number of imidazole rings is 1. The first kappa shape index (κ1) is 13.6. The smallest absolute Gasteiger partial charge is 0.313 e. The van der Waals surface area contributed by atoms with Crippen molar-refractivity contribution in [2.45, 2.75) is 31.6 Å². The summed E-state index contributed by atoms with van der Waals surface area (Å²) in [6.07, 6.45) is 6.12. The van der Waals surface area contributed by atoms with E-state index in [-0.39, 0.29) is 5.75 Å². The normalized spacial score (nSPS) is 10.8. The van der Waals surface area contributed by atoms with Crippen molar-refractivity contribution in [1.29, 1.82) is 0 Å². The maximum atomic E-state index is 10.6. The second-order valence-corrected chi connectivity index (χ2v) is 4.98. The standard InChI is InChI=1S/C11H15N5O2S/c1-9-7-12-11(19-8-10(17)18)16(9)5-2-4-15-6-3-13-14-15/h3,6-7H,2,4-5,8H2,1H3,(H,17,18). The van der Waals surface area contributed by atoms with Crippen LogP contribution >= 0.6 is 11.8 Å². The van der Waals surface area contributed by atoms with Gasteiger partial charge in [0.25, 0.3) is 0 Å². The van der Waals surface area contributed by atoms with Gasteiger partial charge < -0.3 is 9.67 Å². The summed E-state index contributed by atoms with van der Waals surface area (Å²) in [4.78, 5) is 14.8. The fraction of sp³-hybridized carbons (Fsp3) is 0.455. The van der Waals surface area contributed by atoms with E-state index in [2.05, 4.69) is 15.3 Å². The Hall–Kier alpha value is -1.83. The number of aryl methyl sites for hydroxylation is 2. The number of carboxylic acid groups (broad SMARTS) is 1. The third kappa shape index (κ3) is 3.82. The van der Waals surface area contributed by atoms with Gasteiger partial charge in [-0.15, -0.1) is 5.10 Å². The van der Waals surface area contributed by atoms with Crippen molar-refractivity contribution < 1.29 is 9.90 Å². The van der Waals surface area contributed by atoms with Gasteiger partial charge in [-0.2, -0.15) is 0 Å². The maximum absolute atomic E-state index is 10.6. The van der Waals surface area contributed by atoms with Crippen molar-refractivity contribution >= 4 is 17.7 Å². The van der Waals surface area contributed by atoms with E-state index < -0.39 is 5.97 Å². The summed E-state index contributed by atoms with van der Waals surface area (Å²) >= 11 is 1.24. The molecule has 0 aliphatic heterocycles. The number of hydrogen-bond donors (Lipinski definition) is 1. The lowest BCUT2D eigenvalue weighted by Crippen LogP contribution is -2.08. The van der Waals surface area contributed by atoms with Gasteiger partial charge in [-0.05, 0) is 13.3 Å². The van der Waals surface area contributed by atoms with Gasteiger partial charge in [0.15, 0.2) is 5.16 Å². The lowest BCUT2D eigenvalue weighted by molar-refractivity contribution is -0.133. The van der Waals surface area contributed by atoms with Crippen LogP contribution in [0.5, 0.6) is 0 Å². The molecule has 0 bridgehead atoms. The molecule has 2 aromatic heterocycles. The Morgan fingerprint density at radius 1 is 1.47 bits per heavy atom. The Kier molecular flexibility index (Phi) is 4.56. The molecule has 0 aromatic carbocycles. The second-order valence-electron chi connectivity index (χ2n) is 4.04. The van der Waals surface area contributed by atoms with Crippen LogP contribution in [-0.2, 0) is 17.9 Å². The minimum absolute atomic E-state index is 0.0273. The zero-order valence-corrected chi connectivity index (χ0v) is 11.4. The van der Waals surface area contributed by atoms with E-state index in [4.69, 9.17) is 5.11 Å². The lowest BCUT2D eigenvalue weighted by Gasteiger charge is -2.08. The topological polar surface area (TPSA) is 85.8 Å². The van der Waals surface area contributed by atoms with Crippen LogP contribution in [0.1, 0.15) is 12.1 Å². The Balaban J connectivity index is 1.91. The van der Waals surface area contributed by atoms with Crippen LogP contribution in [0.15, 0.2) is 23.7 Å². The minimum Gasteiger partial charge on any atom is -0.481 e. The van der Waals surface area contributed by atoms with Gasteiger partial charge in [-0.1, -0.05) is 17.0 Å². The van der Waals surface area contributed by atoms with Crippen molar-refractivity contribution in [3.8, 4) is 0 Å². The largest absolute Gasteiger partial charge is 0.481 e. The first-order valence-electron chi connectivity index (χ1n) is 5.87. The van der Waals surface area contributed by atoms with E-state index in [9.17, 15) is 4.79 Å². The monoisotopic (exact) mass is 281 g/mol. The molecule has 0 atom stereocenters. The molecule has 0 fully saturated rings. The molecule has 8 heteroatoms. The van der Waals surface area contributed by atoms with Crippen LogP contribution in [0.25, 0.3) is 0 Å². The number of thioether (sulfide) groups is 1. The molecule has 102 valence electrons. The van der Waals surface area contributed by atoms with Crippen LogP contribution in [-0.4, -0.2) is 41.4 Å². The van der Waals surface area contributed by atoms with Crippen molar-refractivity contribution in [3.05, 3.63) is 24.3 Å². The van der Waals surface area contributed by atoms with Crippen molar-refractivity contribution in [2.24, 2.45) is 0 Å². The highest BCUT2D eigenvalue weighted by Crippen LogP contribution is 2.18. The molecule has 0 amide bonds. The molecule has 7 nitrogen and oxygen atoms in total. The Bertz CT molecular complexity index is 537. The van der Waals surface area contributed by atoms with Gasteiger partial charge in [0.1, 0.15) is 0 Å². The molecule has 0 saturated heterocycles. The molecule has 19 heavy (non-hydrogen) atoms. The summed E-state index contributed by atoms with van der Waals surface area (Å²) in [6.45, 7) is 3.53. The lowest BCUT2D eigenvalue weighted by atomic mass is 10.4. The second kappa shape index (κ2) is 6.37. The predicted octanol–water partition coefficient (Wildman–Crippen LogP) is 1.05. The van der Waals surface area contributed by atoms with E-state index in [1.165, 1.54) is 11.8 Å². The fourth-order valence-electron chi connectivity index (χ4n) is 1.70. The minimum atomic E-state index is -0.834. The summed E-state index contributed by atoms with van der Waals surface area (Å²) in [5.74, 6) is -0.806. The zero-order valence-electron chi connectivity index (χ0n) is 10.6. The molecule has 2 aromatic rings. The maximum Gasteiger partial charge on any atom is 0.313 e. The highest BCUT2D eigenvalue weighted by Gasteiger charge is 2.09. The summed E-state index contributed by atoms with van der Waals surface area (Å²) in [7, 11) is 0. The number of aromatic nitrogens is 5. The molecule has 0 saturated carbocycles. The highest BCUT2D eigenvalue weighted by atomic mass is 32.2. The molecule has 0 aliphatic carbocycles. The molecule has 0 spiro atoms. The summed E-state index contributed by atoms with van der Waals surface area (Å²) < 4.78 is 3.81. The van der Waals surface area contributed by atoms with Crippen LogP contribution < -0.4 is 0 Å². The molecular weight excluding hydrogens is 266 g/mol. The SMILES string of the molecule is Cc1cnc(SCC(=O)O)n1CCCn1ccnn1. The van der Waals surface area contributed by atoms with Crippen molar-refractivity contribution in [3.63, 3.8) is 0 Å².